The molecule has 1 aliphatic heterocycles. The van der Waals surface area contributed by atoms with Crippen molar-refractivity contribution in [1.82, 2.24) is 9.80 Å². The number of hydrogen-bond acceptors (Lipinski definition) is 3. The second-order valence-electron chi connectivity index (χ2n) is 8.26. The zero-order valence-corrected chi connectivity index (χ0v) is 18.5. The predicted octanol–water partition coefficient (Wildman–Crippen LogP) is 3.93. The lowest BCUT2D eigenvalue weighted by Crippen LogP contribution is -2.59. The summed E-state index contributed by atoms with van der Waals surface area (Å²) in [5.74, 6) is 0.251. The minimum absolute atomic E-state index is 0.0444. The van der Waals surface area contributed by atoms with Crippen molar-refractivity contribution in [2.45, 2.75) is 18.0 Å². The number of terminal acetylenes is 1. The summed E-state index contributed by atoms with van der Waals surface area (Å²) in [6, 6.07) is 23.0. The van der Waals surface area contributed by atoms with Crippen LogP contribution in [0.3, 0.4) is 0 Å². The summed E-state index contributed by atoms with van der Waals surface area (Å²) in [5, 5.41) is 10.0. The molecule has 172 valence electrons. The van der Waals surface area contributed by atoms with Crippen molar-refractivity contribution in [3.05, 3.63) is 107 Å². The van der Waals surface area contributed by atoms with Gasteiger partial charge in [-0.05, 0) is 28.8 Å². The summed E-state index contributed by atoms with van der Waals surface area (Å²) in [6.07, 6.45) is 5.76. The minimum atomic E-state index is -1.10. The highest BCUT2D eigenvalue weighted by Gasteiger charge is 2.40. The summed E-state index contributed by atoms with van der Waals surface area (Å²) in [4.78, 5) is 29.4. The van der Waals surface area contributed by atoms with Gasteiger partial charge in [0.05, 0.1) is 12.0 Å². The fourth-order valence-corrected chi connectivity index (χ4v) is 4.54. The lowest BCUT2D eigenvalue weighted by Gasteiger charge is -2.42. The smallest absolute Gasteiger partial charge is 0.327 e. The van der Waals surface area contributed by atoms with Gasteiger partial charge in [-0.25, -0.2) is 9.18 Å². The Bertz CT molecular complexity index is 1150. The van der Waals surface area contributed by atoms with Gasteiger partial charge in [-0.15, -0.1) is 6.42 Å². The second kappa shape index (κ2) is 10.3. The summed E-state index contributed by atoms with van der Waals surface area (Å²) in [5.41, 5.74) is 2.18. The van der Waals surface area contributed by atoms with E-state index in [2.05, 4.69) is 5.92 Å². The number of carbonyl (C=O) groups excluding carboxylic acids is 1. The lowest BCUT2D eigenvalue weighted by molar-refractivity contribution is -0.154. The molecule has 6 heteroatoms. The number of rotatable bonds is 6. The van der Waals surface area contributed by atoms with Crippen molar-refractivity contribution in [2.75, 3.05) is 19.6 Å². The Hall–Kier alpha value is -3.95. The highest BCUT2D eigenvalue weighted by atomic mass is 19.1. The maximum absolute atomic E-state index is 13.8. The van der Waals surface area contributed by atoms with Crippen LogP contribution in [-0.2, 0) is 9.59 Å². The lowest BCUT2D eigenvalue weighted by atomic mass is 9.89. The number of halogens is 1. The second-order valence-corrected chi connectivity index (χ2v) is 8.26. The van der Waals surface area contributed by atoms with Crippen LogP contribution in [0.2, 0.25) is 0 Å². The highest BCUT2D eigenvalue weighted by Crippen LogP contribution is 2.30. The van der Waals surface area contributed by atoms with Gasteiger partial charge in [0.2, 0.25) is 5.91 Å². The van der Waals surface area contributed by atoms with Crippen LogP contribution in [0.15, 0.2) is 84.9 Å². The van der Waals surface area contributed by atoms with E-state index in [9.17, 15) is 19.1 Å². The molecule has 5 nitrogen and oxygen atoms in total. The molecular weight excluding hydrogens is 431 g/mol. The molecule has 1 saturated heterocycles. The van der Waals surface area contributed by atoms with Crippen LogP contribution in [0.4, 0.5) is 4.39 Å². The Kier molecular flexibility index (Phi) is 7.05. The van der Waals surface area contributed by atoms with E-state index in [-0.39, 0.29) is 19.0 Å². The van der Waals surface area contributed by atoms with Gasteiger partial charge in [-0.2, -0.15) is 0 Å². The maximum Gasteiger partial charge on any atom is 0.327 e. The zero-order chi connectivity index (χ0) is 24.1. The van der Waals surface area contributed by atoms with Gasteiger partial charge in [0.25, 0.3) is 0 Å². The number of benzene rings is 3. The van der Waals surface area contributed by atoms with Crippen molar-refractivity contribution in [2.24, 2.45) is 0 Å². The Balaban J connectivity index is 1.63. The van der Waals surface area contributed by atoms with E-state index in [0.717, 1.165) is 11.1 Å². The maximum atomic E-state index is 13.8. The van der Waals surface area contributed by atoms with Crippen molar-refractivity contribution >= 4 is 11.9 Å². The Morgan fingerprint density at radius 3 is 2.03 bits per heavy atom. The Morgan fingerprint density at radius 2 is 1.50 bits per heavy atom. The van der Waals surface area contributed by atoms with Crippen molar-refractivity contribution in [3.63, 3.8) is 0 Å². The van der Waals surface area contributed by atoms with E-state index in [0.29, 0.717) is 12.1 Å². The number of nitrogens with zero attached hydrogens (tertiary/aromatic N) is 2. The number of carbonyl (C=O) groups is 2. The van der Waals surface area contributed by atoms with Crippen LogP contribution < -0.4 is 0 Å². The molecule has 4 rings (SSSR count). The minimum Gasteiger partial charge on any atom is -0.480 e. The Labute approximate surface area is 198 Å². The number of carboxylic acids is 1. The average molecular weight is 457 g/mol. The molecule has 1 amide bonds. The van der Waals surface area contributed by atoms with Crippen LogP contribution in [0.1, 0.15) is 28.7 Å². The van der Waals surface area contributed by atoms with Crippen LogP contribution >= 0.6 is 0 Å². The van der Waals surface area contributed by atoms with Gasteiger partial charge >= 0.3 is 5.97 Å². The topological polar surface area (TPSA) is 60.9 Å². The normalized spacial score (nSPS) is 17.2. The van der Waals surface area contributed by atoms with Crippen LogP contribution in [-0.4, -0.2) is 52.5 Å². The third kappa shape index (κ3) is 4.85. The van der Waals surface area contributed by atoms with Crippen molar-refractivity contribution in [1.29, 1.82) is 0 Å². The van der Waals surface area contributed by atoms with E-state index in [1.165, 1.54) is 17.0 Å². The van der Waals surface area contributed by atoms with E-state index in [4.69, 9.17) is 6.42 Å². The summed E-state index contributed by atoms with van der Waals surface area (Å²) >= 11 is 0. The Morgan fingerprint density at radius 1 is 0.912 bits per heavy atom. The fraction of sp³-hybridized carbons (Fsp3) is 0.214. The molecule has 0 bridgehead atoms. The van der Waals surface area contributed by atoms with Crippen molar-refractivity contribution in [3.8, 4) is 12.3 Å². The van der Waals surface area contributed by atoms with E-state index < -0.39 is 29.8 Å². The largest absolute Gasteiger partial charge is 0.480 e. The van der Waals surface area contributed by atoms with E-state index in [1.807, 2.05) is 65.6 Å². The molecule has 0 aliphatic carbocycles. The molecular formula is C28H25FN2O3. The zero-order valence-electron chi connectivity index (χ0n) is 18.5. The molecule has 1 fully saturated rings. The summed E-state index contributed by atoms with van der Waals surface area (Å²) in [7, 11) is 0. The third-order valence-electron chi connectivity index (χ3n) is 6.18. The average Bonchev–Trinajstić information content (AvgIpc) is 2.86. The van der Waals surface area contributed by atoms with Crippen LogP contribution in [0, 0.1) is 18.2 Å². The number of hydrogen-bond donors (Lipinski definition) is 1. The molecule has 0 aromatic heterocycles. The SMILES string of the molecule is C#CC(c1cccc(F)c1)N1CCN(C(=O)C(c2ccccc2)c2ccccc2)C(C(=O)O)C1. The third-order valence-corrected chi connectivity index (χ3v) is 6.18. The monoisotopic (exact) mass is 456 g/mol. The quantitative estimate of drug-likeness (QED) is 0.571. The van der Waals surface area contributed by atoms with Gasteiger partial charge in [0, 0.05) is 19.6 Å². The molecule has 0 spiro atoms. The first-order valence-corrected chi connectivity index (χ1v) is 11.1. The van der Waals surface area contributed by atoms with Gasteiger partial charge in [-0.1, -0.05) is 78.7 Å². The molecule has 34 heavy (non-hydrogen) atoms. The summed E-state index contributed by atoms with van der Waals surface area (Å²) in [6.45, 7) is 0.611. The van der Waals surface area contributed by atoms with E-state index >= 15 is 0 Å². The molecule has 1 heterocycles. The van der Waals surface area contributed by atoms with Gasteiger partial charge < -0.3 is 10.0 Å². The summed E-state index contributed by atoms with van der Waals surface area (Å²) < 4.78 is 13.8. The predicted molar refractivity (Wildman–Crippen MR) is 127 cm³/mol. The highest BCUT2D eigenvalue weighted by molar-refractivity contribution is 5.91. The molecule has 3 aromatic carbocycles. The number of amides is 1. The molecule has 0 radical (unpaired) electrons. The molecule has 2 unspecified atom stereocenters. The number of piperazine rings is 1. The first kappa shape index (κ1) is 23.2. The number of carboxylic acid groups (broad SMARTS) is 1. The van der Waals surface area contributed by atoms with E-state index in [1.54, 1.807) is 12.1 Å². The van der Waals surface area contributed by atoms with Gasteiger partial charge in [0.1, 0.15) is 11.9 Å². The standard InChI is InChI=1S/C28H25FN2O3/c1-2-24(22-14-9-15-23(29)18-22)30-16-17-31(25(19-30)28(33)34)27(32)26(20-10-5-3-6-11-20)21-12-7-4-8-13-21/h1,3-15,18,24-26H,16-17,19H2,(H,33,34). The van der Waals surface area contributed by atoms with Crippen LogP contribution in [0.25, 0.3) is 0 Å². The van der Waals surface area contributed by atoms with Gasteiger partial charge in [-0.3, -0.25) is 9.69 Å². The fourth-order valence-electron chi connectivity index (χ4n) is 4.54. The molecule has 0 saturated carbocycles. The first-order chi connectivity index (χ1) is 16.5. The molecule has 2 atom stereocenters. The van der Waals surface area contributed by atoms with Gasteiger partial charge in [0.15, 0.2) is 0 Å². The molecule has 1 N–H and O–H groups in total. The number of aliphatic carboxylic acids is 1. The van der Waals surface area contributed by atoms with Crippen LogP contribution in [0.5, 0.6) is 0 Å². The first-order valence-electron chi connectivity index (χ1n) is 11.1. The molecule has 3 aromatic rings. The van der Waals surface area contributed by atoms with Crippen molar-refractivity contribution < 1.29 is 19.1 Å². The molecule has 1 aliphatic rings.